The third-order valence-electron chi connectivity index (χ3n) is 4.31. The molecule has 7 nitrogen and oxygen atoms in total. The maximum atomic E-state index is 12.9. The molecule has 3 heterocycles. The molecule has 0 radical (unpaired) electrons. The number of rotatable bonds is 3. The van der Waals surface area contributed by atoms with E-state index in [1.54, 1.807) is 28.0 Å². The number of aromatic nitrogens is 4. The van der Waals surface area contributed by atoms with Crippen molar-refractivity contribution in [2.45, 2.75) is 25.2 Å². The summed E-state index contributed by atoms with van der Waals surface area (Å²) in [4.78, 5) is 22.6. The molecule has 2 aromatic heterocycles. The van der Waals surface area contributed by atoms with Crippen molar-refractivity contribution >= 4 is 23.4 Å². The van der Waals surface area contributed by atoms with Gasteiger partial charge in [0.15, 0.2) is 0 Å². The molecule has 1 amide bonds. The van der Waals surface area contributed by atoms with E-state index in [9.17, 15) is 9.90 Å². The van der Waals surface area contributed by atoms with E-state index in [2.05, 4.69) is 15.1 Å². The standard InChI is InChI=1S/C19H17N5O2S/c1-3-27-19-21-17(26)16-14-8-4-5-9-15(14)23(12(2)25)18(24(16)22-19)13-7-6-10-20-11-13/h4-11,18H,3H2,1-2H3. The zero-order valence-electron chi connectivity index (χ0n) is 14.9. The average molecular weight is 379 g/mol. The lowest BCUT2D eigenvalue weighted by atomic mass is 10.0. The molecule has 1 atom stereocenters. The number of carbonyl (C=O) groups excluding carboxylic acids is 1. The smallest absolute Gasteiger partial charge is 0.294 e. The number of carbonyl (C=O) groups is 1. The Morgan fingerprint density at radius 3 is 2.81 bits per heavy atom. The van der Waals surface area contributed by atoms with Crippen molar-refractivity contribution in [3.8, 4) is 17.1 Å². The predicted octanol–water partition coefficient (Wildman–Crippen LogP) is 1.93. The van der Waals surface area contributed by atoms with Crippen LogP contribution in [0.1, 0.15) is 25.6 Å². The summed E-state index contributed by atoms with van der Waals surface area (Å²) >= 11 is 1.39. The summed E-state index contributed by atoms with van der Waals surface area (Å²) in [7, 11) is 0. The summed E-state index contributed by atoms with van der Waals surface area (Å²) in [6.45, 7) is 3.48. The molecule has 1 aromatic carbocycles. The molecule has 1 aliphatic rings. The van der Waals surface area contributed by atoms with Crippen molar-refractivity contribution in [2.24, 2.45) is 0 Å². The Morgan fingerprint density at radius 2 is 2.11 bits per heavy atom. The van der Waals surface area contributed by atoms with Crippen LogP contribution in [-0.4, -0.2) is 26.7 Å². The van der Waals surface area contributed by atoms with E-state index in [0.717, 1.165) is 11.3 Å². The molecule has 0 saturated carbocycles. The topological polar surface area (TPSA) is 85.9 Å². The molecule has 27 heavy (non-hydrogen) atoms. The van der Waals surface area contributed by atoms with Gasteiger partial charge in [0, 0.05) is 24.4 Å². The van der Waals surface area contributed by atoms with Crippen LogP contribution in [0.2, 0.25) is 0 Å². The van der Waals surface area contributed by atoms with Crippen LogP contribution in [0.15, 0.2) is 53.9 Å². The van der Waals surface area contributed by atoms with Gasteiger partial charge in [-0.05, 0) is 30.0 Å². The first-order valence-electron chi connectivity index (χ1n) is 8.54. The molecule has 0 saturated heterocycles. The van der Waals surface area contributed by atoms with Gasteiger partial charge in [0.05, 0.1) is 22.7 Å². The van der Waals surface area contributed by atoms with Crippen LogP contribution in [0.3, 0.4) is 0 Å². The largest absolute Gasteiger partial charge is 0.854 e. The number of fused-ring (bicyclic) bond motifs is 3. The number of hydrogen-bond acceptors (Lipinski definition) is 6. The summed E-state index contributed by atoms with van der Waals surface area (Å²) < 4.78 is 1.61. The van der Waals surface area contributed by atoms with Gasteiger partial charge in [0.1, 0.15) is 0 Å². The fourth-order valence-corrected chi connectivity index (χ4v) is 3.85. The molecule has 1 aliphatic heterocycles. The molecule has 8 heteroatoms. The summed E-state index contributed by atoms with van der Waals surface area (Å²) in [5.74, 6) is 0.235. The normalized spacial score (nSPS) is 15.2. The monoisotopic (exact) mass is 379 g/mol. The second kappa shape index (κ2) is 6.96. The lowest BCUT2D eigenvalue weighted by Crippen LogP contribution is -2.58. The zero-order valence-corrected chi connectivity index (χ0v) is 15.7. The van der Waals surface area contributed by atoms with Crippen molar-refractivity contribution < 1.29 is 14.6 Å². The van der Waals surface area contributed by atoms with E-state index in [0.29, 0.717) is 22.1 Å². The van der Waals surface area contributed by atoms with Gasteiger partial charge < -0.3 is 5.11 Å². The fraction of sp³-hybridized carbons (Fsp3) is 0.211. The molecular weight excluding hydrogens is 362 g/mol. The number of thioether (sulfide) groups is 1. The third kappa shape index (κ3) is 2.91. The first-order valence-corrected chi connectivity index (χ1v) is 9.53. The van der Waals surface area contributed by atoms with E-state index in [1.807, 2.05) is 37.3 Å². The van der Waals surface area contributed by atoms with Gasteiger partial charge in [0.2, 0.25) is 5.91 Å². The van der Waals surface area contributed by atoms with Gasteiger partial charge >= 0.3 is 0 Å². The first kappa shape index (κ1) is 17.4. The van der Waals surface area contributed by atoms with E-state index < -0.39 is 6.17 Å². The number of benzene rings is 1. The summed E-state index contributed by atoms with van der Waals surface area (Å²) in [6, 6.07) is 11.0. The number of amides is 1. The van der Waals surface area contributed by atoms with Crippen molar-refractivity contribution in [3.05, 3.63) is 54.4 Å². The highest BCUT2D eigenvalue weighted by molar-refractivity contribution is 7.99. The molecule has 0 N–H and O–H groups in total. The molecule has 0 fully saturated rings. The van der Waals surface area contributed by atoms with E-state index in [1.165, 1.54) is 18.7 Å². The molecule has 0 aliphatic carbocycles. The van der Waals surface area contributed by atoms with Gasteiger partial charge in [-0.25, -0.2) is 9.88 Å². The minimum atomic E-state index is -0.604. The average Bonchev–Trinajstić information content (AvgIpc) is 2.67. The Kier molecular flexibility index (Phi) is 4.49. The second-order valence-corrected chi connectivity index (χ2v) is 7.22. The summed E-state index contributed by atoms with van der Waals surface area (Å²) in [6.07, 6.45) is 2.75. The summed E-state index contributed by atoms with van der Waals surface area (Å²) in [5.41, 5.74) is 2.44. The second-order valence-electron chi connectivity index (χ2n) is 5.99. The predicted molar refractivity (Wildman–Crippen MR) is 99.0 cm³/mol. The molecule has 3 aromatic rings. The highest BCUT2D eigenvalue weighted by Gasteiger charge is 2.43. The van der Waals surface area contributed by atoms with Crippen LogP contribution in [0.5, 0.6) is 5.88 Å². The molecular formula is C19H17N5O2S. The van der Waals surface area contributed by atoms with Crippen LogP contribution in [0.25, 0.3) is 11.3 Å². The van der Waals surface area contributed by atoms with Gasteiger partial charge in [-0.1, -0.05) is 35.5 Å². The van der Waals surface area contributed by atoms with Gasteiger partial charge in [-0.3, -0.25) is 9.78 Å². The van der Waals surface area contributed by atoms with Crippen molar-refractivity contribution in [3.63, 3.8) is 0 Å². The third-order valence-corrected chi connectivity index (χ3v) is 5.03. The van der Waals surface area contributed by atoms with Gasteiger partial charge in [-0.15, -0.1) is 0 Å². The Balaban J connectivity index is 2.05. The van der Waals surface area contributed by atoms with E-state index >= 15 is 0 Å². The van der Waals surface area contributed by atoms with Crippen molar-refractivity contribution in [2.75, 3.05) is 10.7 Å². The van der Waals surface area contributed by atoms with Gasteiger partial charge in [-0.2, -0.15) is 0 Å². The van der Waals surface area contributed by atoms with Crippen LogP contribution in [0.4, 0.5) is 5.69 Å². The van der Waals surface area contributed by atoms with Gasteiger partial charge in [0.25, 0.3) is 17.0 Å². The van der Waals surface area contributed by atoms with Crippen molar-refractivity contribution in [1.82, 2.24) is 15.1 Å². The maximum absolute atomic E-state index is 12.9. The number of anilines is 1. The van der Waals surface area contributed by atoms with Crippen molar-refractivity contribution in [1.29, 1.82) is 0 Å². The zero-order chi connectivity index (χ0) is 19.0. The molecule has 0 spiro atoms. The Bertz CT molecular complexity index is 1010. The molecule has 0 bridgehead atoms. The fourth-order valence-electron chi connectivity index (χ4n) is 3.29. The van der Waals surface area contributed by atoms with E-state index in [-0.39, 0.29) is 11.8 Å². The van der Waals surface area contributed by atoms with Crippen LogP contribution < -0.4 is 14.7 Å². The summed E-state index contributed by atoms with van der Waals surface area (Å²) in [5, 5.41) is 17.9. The Hall–Kier alpha value is -3.00. The highest BCUT2D eigenvalue weighted by atomic mass is 32.2. The molecule has 136 valence electrons. The van der Waals surface area contributed by atoms with Crippen LogP contribution >= 0.6 is 11.8 Å². The Morgan fingerprint density at radius 1 is 1.30 bits per heavy atom. The molecule has 4 rings (SSSR count). The number of para-hydroxylation sites is 1. The lowest BCUT2D eigenvalue weighted by molar-refractivity contribution is -0.764. The SMILES string of the molecule is CCSc1nc([O-])c2[n+](n1)C(c1cccnc1)N(C(C)=O)c1ccccc1-2. The molecule has 1 unspecified atom stereocenters. The van der Waals surface area contributed by atoms with Crippen LogP contribution in [-0.2, 0) is 4.79 Å². The maximum Gasteiger partial charge on any atom is 0.294 e. The lowest BCUT2D eigenvalue weighted by Gasteiger charge is -2.32. The highest BCUT2D eigenvalue weighted by Crippen LogP contribution is 2.40. The number of hydrogen-bond donors (Lipinski definition) is 0. The minimum absolute atomic E-state index is 0.148. The number of pyridine rings is 1. The van der Waals surface area contributed by atoms with E-state index in [4.69, 9.17) is 0 Å². The minimum Gasteiger partial charge on any atom is -0.854 e. The van der Waals surface area contributed by atoms with Crippen LogP contribution in [0, 0.1) is 0 Å². The number of nitrogens with zero attached hydrogens (tertiary/aromatic N) is 5. The Labute approximate surface area is 160 Å². The quantitative estimate of drug-likeness (QED) is 0.511. The first-order chi connectivity index (χ1) is 13.1.